The van der Waals surface area contributed by atoms with Gasteiger partial charge >= 0.3 is 0 Å². The van der Waals surface area contributed by atoms with Crippen molar-refractivity contribution in [3.63, 3.8) is 0 Å². The second-order valence-corrected chi connectivity index (χ2v) is 10.2. The fourth-order valence-electron chi connectivity index (χ4n) is 5.24. The predicted molar refractivity (Wildman–Crippen MR) is 135 cm³/mol. The van der Waals surface area contributed by atoms with E-state index >= 15 is 0 Å². The molecule has 2 aliphatic heterocycles. The average molecular weight is 476 g/mol. The Balaban J connectivity index is 1.62. The largest absolute Gasteiger partial charge is 0.494 e. The van der Waals surface area contributed by atoms with E-state index < -0.39 is 6.04 Å². The van der Waals surface area contributed by atoms with Crippen LogP contribution in [0.15, 0.2) is 45.6 Å². The number of ether oxygens (including phenoxy) is 2. The van der Waals surface area contributed by atoms with Crippen LogP contribution in [-0.2, 0) is 4.74 Å². The molecule has 3 aromatic rings. The molecule has 5 rings (SSSR count). The fraction of sp³-hybridized carbons (Fsp3) is 0.448. The molecule has 0 saturated carbocycles. The lowest BCUT2D eigenvalue weighted by Gasteiger charge is -2.27. The van der Waals surface area contributed by atoms with Crippen molar-refractivity contribution >= 4 is 16.9 Å². The van der Waals surface area contributed by atoms with Crippen molar-refractivity contribution in [1.29, 1.82) is 0 Å². The maximum atomic E-state index is 13.9. The number of carbonyl (C=O) groups excluding carboxylic acids is 1. The van der Waals surface area contributed by atoms with Gasteiger partial charge in [0.15, 0.2) is 5.43 Å². The third-order valence-electron chi connectivity index (χ3n) is 6.97. The summed E-state index contributed by atoms with van der Waals surface area (Å²) in [7, 11) is 0. The molecule has 0 spiro atoms. The van der Waals surface area contributed by atoms with E-state index in [4.69, 9.17) is 13.9 Å². The van der Waals surface area contributed by atoms with Gasteiger partial charge in [0.1, 0.15) is 11.3 Å². The molecule has 6 nitrogen and oxygen atoms in total. The highest BCUT2D eigenvalue weighted by Crippen LogP contribution is 2.40. The van der Waals surface area contributed by atoms with Gasteiger partial charge in [-0.1, -0.05) is 32.0 Å². The normalized spacial score (nSPS) is 19.7. The Morgan fingerprint density at radius 3 is 2.71 bits per heavy atom. The molecule has 1 amide bonds. The lowest BCUT2D eigenvalue weighted by atomic mass is 9.96. The highest BCUT2D eigenvalue weighted by atomic mass is 16.5. The molecule has 1 saturated heterocycles. The summed E-state index contributed by atoms with van der Waals surface area (Å²) in [5.74, 6) is 1.16. The van der Waals surface area contributed by atoms with Gasteiger partial charge in [0.05, 0.1) is 29.7 Å². The van der Waals surface area contributed by atoms with Gasteiger partial charge in [-0.05, 0) is 73.9 Å². The Labute approximate surface area is 205 Å². The number of rotatable bonds is 7. The van der Waals surface area contributed by atoms with Gasteiger partial charge in [-0.15, -0.1) is 0 Å². The fourth-order valence-corrected chi connectivity index (χ4v) is 5.24. The third-order valence-corrected chi connectivity index (χ3v) is 6.97. The molecule has 1 aromatic heterocycles. The van der Waals surface area contributed by atoms with Gasteiger partial charge < -0.3 is 18.8 Å². The van der Waals surface area contributed by atoms with E-state index in [1.807, 2.05) is 50.2 Å². The first-order chi connectivity index (χ1) is 16.8. The number of carbonyl (C=O) groups is 1. The van der Waals surface area contributed by atoms with Crippen molar-refractivity contribution in [3.8, 4) is 5.75 Å². The Bertz CT molecular complexity index is 1320. The van der Waals surface area contributed by atoms with Crippen LogP contribution in [0.25, 0.3) is 11.0 Å². The first-order valence-electron chi connectivity index (χ1n) is 12.6. The lowest BCUT2D eigenvalue weighted by Crippen LogP contribution is -2.36. The number of benzene rings is 2. The van der Waals surface area contributed by atoms with Crippen molar-refractivity contribution in [2.24, 2.45) is 5.92 Å². The molecule has 0 N–H and O–H groups in total. The van der Waals surface area contributed by atoms with E-state index in [1.165, 1.54) is 0 Å². The summed E-state index contributed by atoms with van der Waals surface area (Å²) in [5, 5.41) is 0.537. The monoisotopic (exact) mass is 475 g/mol. The first-order valence-corrected chi connectivity index (χ1v) is 12.6. The second kappa shape index (κ2) is 9.50. The summed E-state index contributed by atoms with van der Waals surface area (Å²) >= 11 is 0. The van der Waals surface area contributed by atoms with Crippen LogP contribution in [0.3, 0.4) is 0 Å². The minimum atomic E-state index is -0.545. The molecular weight excluding hydrogens is 442 g/mol. The highest BCUT2D eigenvalue weighted by molar-refractivity contribution is 5.99. The van der Waals surface area contributed by atoms with Gasteiger partial charge in [0.25, 0.3) is 5.91 Å². The number of amides is 1. The van der Waals surface area contributed by atoms with E-state index in [0.717, 1.165) is 41.7 Å². The Kier molecular flexibility index (Phi) is 6.41. The zero-order valence-corrected chi connectivity index (χ0v) is 20.9. The van der Waals surface area contributed by atoms with E-state index in [-0.39, 0.29) is 23.2 Å². The van der Waals surface area contributed by atoms with Crippen molar-refractivity contribution in [3.05, 3.63) is 74.6 Å². The molecule has 2 unspecified atom stereocenters. The minimum Gasteiger partial charge on any atom is -0.494 e. The van der Waals surface area contributed by atoms with Crippen LogP contribution >= 0.6 is 0 Å². The van der Waals surface area contributed by atoms with Crippen LogP contribution in [0.1, 0.15) is 72.0 Å². The van der Waals surface area contributed by atoms with Crippen molar-refractivity contribution in [2.75, 3.05) is 19.8 Å². The molecule has 35 heavy (non-hydrogen) atoms. The topological polar surface area (TPSA) is 69.0 Å². The minimum absolute atomic E-state index is 0.0465. The van der Waals surface area contributed by atoms with Crippen LogP contribution < -0.4 is 10.2 Å². The number of fused-ring (bicyclic) bond motifs is 2. The molecule has 0 radical (unpaired) electrons. The van der Waals surface area contributed by atoms with Crippen LogP contribution in [0.2, 0.25) is 0 Å². The summed E-state index contributed by atoms with van der Waals surface area (Å²) in [6, 6.07) is 11.0. The van der Waals surface area contributed by atoms with E-state index in [9.17, 15) is 9.59 Å². The molecule has 0 bridgehead atoms. The third kappa shape index (κ3) is 4.47. The molecule has 1 fully saturated rings. The van der Waals surface area contributed by atoms with Crippen LogP contribution in [0.4, 0.5) is 0 Å². The van der Waals surface area contributed by atoms with E-state index in [1.54, 1.807) is 4.90 Å². The van der Waals surface area contributed by atoms with Gasteiger partial charge in [-0.3, -0.25) is 9.59 Å². The van der Waals surface area contributed by atoms with E-state index in [2.05, 4.69) is 13.8 Å². The molecule has 3 heterocycles. The number of hydrogen-bond donors (Lipinski definition) is 0. The van der Waals surface area contributed by atoms with Crippen LogP contribution in [0.5, 0.6) is 5.75 Å². The van der Waals surface area contributed by atoms with Crippen LogP contribution in [0, 0.1) is 19.8 Å². The lowest BCUT2D eigenvalue weighted by molar-refractivity contribution is 0.0486. The summed E-state index contributed by atoms with van der Waals surface area (Å²) in [5.41, 5.74) is 3.41. The molecule has 2 atom stereocenters. The maximum Gasteiger partial charge on any atom is 0.291 e. The van der Waals surface area contributed by atoms with E-state index in [0.29, 0.717) is 42.2 Å². The Hall–Kier alpha value is -3.12. The summed E-state index contributed by atoms with van der Waals surface area (Å²) in [6.07, 6.45) is 2.78. The van der Waals surface area contributed by atoms with Crippen molar-refractivity contribution in [1.82, 2.24) is 4.90 Å². The molecule has 184 valence electrons. The van der Waals surface area contributed by atoms with Crippen LogP contribution in [-0.4, -0.2) is 36.7 Å². The zero-order valence-electron chi connectivity index (χ0n) is 20.9. The summed E-state index contributed by atoms with van der Waals surface area (Å²) in [4.78, 5) is 29.3. The number of nitrogens with zero attached hydrogens (tertiary/aromatic N) is 1. The zero-order chi connectivity index (χ0) is 24.7. The molecule has 0 aliphatic carbocycles. The van der Waals surface area contributed by atoms with Gasteiger partial charge in [0.2, 0.25) is 5.76 Å². The maximum absolute atomic E-state index is 13.9. The van der Waals surface area contributed by atoms with Crippen molar-refractivity contribution in [2.45, 2.75) is 59.1 Å². The Morgan fingerprint density at radius 1 is 1.14 bits per heavy atom. The first kappa shape index (κ1) is 23.6. The van der Waals surface area contributed by atoms with Gasteiger partial charge in [-0.25, -0.2) is 0 Å². The number of aryl methyl sites for hydroxylation is 2. The van der Waals surface area contributed by atoms with Gasteiger partial charge in [0, 0.05) is 13.2 Å². The van der Waals surface area contributed by atoms with Crippen molar-refractivity contribution < 1.29 is 18.7 Å². The van der Waals surface area contributed by atoms with Gasteiger partial charge in [-0.2, -0.15) is 0 Å². The average Bonchev–Trinajstić information content (AvgIpc) is 3.41. The summed E-state index contributed by atoms with van der Waals surface area (Å²) in [6.45, 7) is 9.93. The molecular formula is C29H33NO5. The molecule has 2 aromatic carbocycles. The standard InChI is InChI=1S/C29H33NO5/c1-17(2)10-12-34-21-8-5-7-20(15-21)26-25-27(31)24-19(4)13-18(3)14-23(24)35-28(25)29(32)30(26)16-22-9-6-11-33-22/h5,7-8,13-15,17,22,26H,6,9-12,16H2,1-4H3. The predicted octanol–water partition coefficient (Wildman–Crippen LogP) is 5.56. The quantitative estimate of drug-likeness (QED) is 0.448. The molecule has 2 aliphatic rings. The summed E-state index contributed by atoms with van der Waals surface area (Å²) < 4.78 is 18.0. The Morgan fingerprint density at radius 2 is 1.97 bits per heavy atom. The smallest absolute Gasteiger partial charge is 0.291 e. The number of hydrogen-bond acceptors (Lipinski definition) is 5. The SMILES string of the molecule is Cc1cc(C)c2c(=O)c3c(oc2c1)C(=O)N(CC1CCCO1)C3c1cccc(OCCC(C)C)c1. The second-order valence-electron chi connectivity index (χ2n) is 10.2. The highest BCUT2D eigenvalue weighted by Gasteiger charge is 2.44. The molecule has 6 heteroatoms.